The van der Waals surface area contributed by atoms with Crippen LogP contribution < -0.4 is 5.73 Å². The molecule has 1 aromatic carbocycles. The Labute approximate surface area is 107 Å². The van der Waals surface area contributed by atoms with Gasteiger partial charge in [-0.2, -0.15) is 0 Å². The van der Waals surface area contributed by atoms with E-state index in [0.29, 0.717) is 4.47 Å². The van der Waals surface area contributed by atoms with E-state index in [2.05, 4.69) is 38.8 Å². The second kappa shape index (κ2) is 5.87. The van der Waals surface area contributed by atoms with Crippen LogP contribution in [0.15, 0.2) is 21.1 Å². The van der Waals surface area contributed by atoms with Crippen molar-refractivity contribution >= 4 is 31.9 Å². The van der Waals surface area contributed by atoms with E-state index in [4.69, 9.17) is 5.73 Å². The summed E-state index contributed by atoms with van der Waals surface area (Å²) in [5.74, 6) is 0.252. The second-order valence-electron chi connectivity index (χ2n) is 3.57. The van der Waals surface area contributed by atoms with Gasteiger partial charge in [-0.3, -0.25) is 0 Å². The first kappa shape index (κ1) is 13.0. The van der Waals surface area contributed by atoms with Crippen molar-refractivity contribution in [3.63, 3.8) is 0 Å². The highest BCUT2D eigenvalue weighted by atomic mass is 79.9. The standard InChI is InChI=1S/C11H15Br2NO/c1-2-3-4-10(14)8-5-7(12)6-9(13)11(8)15/h5-6,10,15H,2-4,14H2,1H3/t10-/m1/s1. The van der Waals surface area contributed by atoms with Crippen molar-refractivity contribution in [2.24, 2.45) is 5.73 Å². The molecule has 0 aliphatic rings. The molecule has 1 aromatic rings. The molecule has 0 spiro atoms. The minimum atomic E-state index is -0.0984. The van der Waals surface area contributed by atoms with Crippen molar-refractivity contribution in [3.05, 3.63) is 26.6 Å². The third-order valence-corrected chi connectivity index (χ3v) is 3.39. The first-order valence-corrected chi connectivity index (χ1v) is 6.58. The average Bonchev–Trinajstić information content (AvgIpc) is 2.19. The van der Waals surface area contributed by atoms with Crippen molar-refractivity contribution in [3.8, 4) is 5.75 Å². The minimum Gasteiger partial charge on any atom is -0.506 e. The smallest absolute Gasteiger partial charge is 0.134 e. The summed E-state index contributed by atoms with van der Waals surface area (Å²) in [5, 5.41) is 9.84. The van der Waals surface area contributed by atoms with Gasteiger partial charge in [0.15, 0.2) is 0 Å². The summed E-state index contributed by atoms with van der Waals surface area (Å²) < 4.78 is 1.60. The quantitative estimate of drug-likeness (QED) is 0.869. The van der Waals surface area contributed by atoms with Gasteiger partial charge in [0, 0.05) is 16.1 Å². The van der Waals surface area contributed by atoms with Crippen LogP contribution in [0.25, 0.3) is 0 Å². The van der Waals surface area contributed by atoms with Gasteiger partial charge in [-0.05, 0) is 34.5 Å². The first-order chi connectivity index (χ1) is 7.06. The average molecular weight is 337 g/mol. The van der Waals surface area contributed by atoms with Crippen LogP contribution in [0.5, 0.6) is 5.75 Å². The van der Waals surface area contributed by atoms with Gasteiger partial charge in [0.05, 0.1) is 4.47 Å². The highest BCUT2D eigenvalue weighted by molar-refractivity contribution is 9.11. The van der Waals surface area contributed by atoms with E-state index in [1.165, 1.54) is 0 Å². The summed E-state index contributed by atoms with van der Waals surface area (Å²) in [6, 6.07) is 3.59. The van der Waals surface area contributed by atoms with E-state index in [1.54, 1.807) is 0 Å². The molecule has 84 valence electrons. The third kappa shape index (κ3) is 3.47. The maximum Gasteiger partial charge on any atom is 0.134 e. The summed E-state index contributed by atoms with van der Waals surface area (Å²) in [5.41, 5.74) is 6.81. The zero-order valence-electron chi connectivity index (χ0n) is 8.63. The summed E-state index contributed by atoms with van der Waals surface area (Å²) >= 11 is 6.68. The molecule has 4 heteroatoms. The van der Waals surface area contributed by atoms with E-state index in [0.717, 1.165) is 29.3 Å². The molecule has 0 saturated heterocycles. The fourth-order valence-electron chi connectivity index (χ4n) is 1.45. The topological polar surface area (TPSA) is 46.2 Å². The van der Waals surface area contributed by atoms with E-state index in [9.17, 15) is 5.11 Å². The number of hydrogen-bond acceptors (Lipinski definition) is 2. The summed E-state index contributed by atoms with van der Waals surface area (Å²) in [7, 11) is 0. The number of halogens is 2. The number of rotatable bonds is 4. The monoisotopic (exact) mass is 335 g/mol. The largest absolute Gasteiger partial charge is 0.506 e. The Morgan fingerprint density at radius 1 is 1.40 bits per heavy atom. The maximum absolute atomic E-state index is 9.84. The van der Waals surface area contributed by atoms with Crippen LogP contribution in [0.4, 0.5) is 0 Å². The zero-order chi connectivity index (χ0) is 11.4. The lowest BCUT2D eigenvalue weighted by molar-refractivity contribution is 0.453. The van der Waals surface area contributed by atoms with Crippen LogP contribution in [-0.2, 0) is 0 Å². The number of nitrogens with two attached hydrogens (primary N) is 1. The molecule has 3 N–H and O–H groups in total. The van der Waals surface area contributed by atoms with Gasteiger partial charge in [0.2, 0.25) is 0 Å². The Kier molecular flexibility index (Phi) is 5.09. The molecule has 0 fully saturated rings. The van der Waals surface area contributed by atoms with Gasteiger partial charge in [-0.1, -0.05) is 35.7 Å². The molecule has 15 heavy (non-hydrogen) atoms. The summed E-state index contributed by atoms with van der Waals surface area (Å²) in [6.45, 7) is 2.13. The van der Waals surface area contributed by atoms with Crippen molar-refractivity contribution in [2.75, 3.05) is 0 Å². The number of hydrogen-bond donors (Lipinski definition) is 2. The van der Waals surface area contributed by atoms with Crippen molar-refractivity contribution < 1.29 is 5.11 Å². The minimum absolute atomic E-state index is 0.0984. The predicted octanol–water partition coefficient (Wildman–Crippen LogP) is 4.11. The van der Waals surface area contributed by atoms with Crippen LogP contribution in [0.2, 0.25) is 0 Å². The molecule has 2 nitrogen and oxygen atoms in total. The molecule has 0 radical (unpaired) electrons. The normalized spacial score (nSPS) is 12.8. The molecule has 1 atom stereocenters. The Morgan fingerprint density at radius 2 is 2.07 bits per heavy atom. The van der Waals surface area contributed by atoms with Gasteiger partial charge < -0.3 is 10.8 Å². The molecule has 0 aromatic heterocycles. The molecule has 0 aliphatic heterocycles. The van der Waals surface area contributed by atoms with Crippen molar-refractivity contribution in [2.45, 2.75) is 32.2 Å². The number of phenols is 1. The zero-order valence-corrected chi connectivity index (χ0v) is 11.8. The van der Waals surface area contributed by atoms with E-state index in [1.807, 2.05) is 12.1 Å². The van der Waals surface area contributed by atoms with Gasteiger partial charge in [0.25, 0.3) is 0 Å². The highest BCUT2D eigenvalue weighted by Gasteiger charge is 2.13. The molecule has 0 amide bonds. The number of unbranched alkanes of at least 4 members (excludes halogenated alkanes) is 1. The first-order valence-electron chi connectivity index (χ1n) is 4.99. The van der Waals surface area contributed by atoms with Gasteiger partial charge in [-0.15, -0.1) is 0 Å². The lowest BCUT2D eigenvalue weighted by Crippen LogP contribution is -2.10. The lowest BCUT2D eigenvalue weighted by Gasteiger charge is -2.14. The van der Waals surface area contributed by atoms with Crippen molar-refractivity contribution in [1.82, 2.24) is 0 Å². The molecule has 1 rings (SSSR count). The van der Waals surface area contributed by atoms with Crippen LogP contribution in [-0.4, -0.2) is 5.11 Å². The predicted molar refractivity (Wildman–Crippen MR) is 70.0 cm³/mol. The third-order valence-electron chi connectivity index (χ3n) is 2.33. The molecule has 0 unspecified atom stereocenters. The van der Waals surface area contributed by atoms with Crippen LogP contribution in [0, 0.1) is 0 Å². The Hall–Kier alpha value is -0.0600. The fourth-order valence-corrected chi connectivity index (χ4v) is 2.71. The SMILES string of the molecule is CCCC[C@@H](N)c1cc(Br)cc(Br)c1O. The summed E-state index contributed by atoms with van der Waals surface area (Å²) in [4.78, 5) is 0. The van der Waals surface area contributed by atoms with Crippen LogP contribution in [0.3, 0.4) is 0 Å². The van der Waals surface area contributed by atoms with E-state index in [-0.39, 0.29) is 11.8 Å². The Morgan fingerprint density at radius 3 is 2.67 bits per heavy atom. The lowest BCUT2D eigenvalue weighted by atomic mass is 10.0. The Balaban J connectivity index is 2.92. The highest BCUT2D eigenvalue weighted by Crippen LogP contribution is 2.35. The van der Waals surface area contributed by atoms with Gasteiger partial charge >= 0.3 is 0 Å². The number of benzene rings is 1. The maximum atomic E-state index is 9.84. The summed E-state index contributed by atoms with van der Waals surface area (Å²) in [6.07, 6.45) is 3.08. The number of aromatic hydroxyl groups is 1. The van der Waals surface area contributed by atoms with Gasteiger partial charge in [-0.25, -0.2) is 0 Å². The van der Waals surface area contributed by atoms with E-state index < -0.39 is 0 Å². The Bertz CT molecular complexity index is 342. The van der Waals surface area contributed by atoms with Gasteiger partial charge in [0.1, 0.15) is 5.75 Å². The van der Waals surface area contributed by atoms with Crippen LogP contribution in [0.1, 0.15) is 37.8 Å². The molecule has 0 bridgehead atoms. The second-order valence-corrected chi connectivity index (χ2v) is 5.34. The van der Waals surface area contributed by atoms with E-state index >= 15 is 0 Å². The fraction of sp³-hybridized carbons (Fsp3) is 0.455. The van der Waals surface area contributed by atoms with Crippen molar-refractivity contribution in [1.29, 1.82) is 0 Å². The number of phenolic OH excluding ortho intramolecular Hbond substituents is 1. The molecular formula is C11H15Br2NO. The molecule has 0 aliphatic carbocycles. The molecule has 0 saturated carbocycles. The van der Waals surface area contributed by atoms with Crippen LogP contribution >= 0.6 is 31.9 Å². The molecule has 0 heterocycles. The molecular weight excluding hydrogens is 322 g/mol.